The van der Waals surface area contributed by atoms with Gasteiger partial charge in [-0.15, -0.1) is 0 Å². The van der Waals surface area contributed by atoms with Crippen LogP contribution >= 0.6 is 11.6 Å². The molecule has 3 nitrogen and oxygen atoms in total. The van der Waals surface area contributed by atoms with Gasteiger partial charge in [-0.25, -0.2) is 0 Å². The highest BCUT2D eigenvalue weighted by atomic mass is 35.5. The summed E-state index contributed by atoms with van der Waals surface area (Å²) in [6, 6.07) is 10.3. The van der Waals surface area contributed by atoms with Gasteiger partial charge in [-0.1, -0.05) is 17.7 Å². The highest BCUT2D eigenvalue weighted by Crippen LogP contribution is 2.34. The van der Waals surface area contributed by atoms with E-state index in [-0.39, 0.29) is 0 Å². The first-order valence-corrected chi connectivity index (χ1v) is 6.38. The third-order valence-electron chi connectivity index (χ3n) is 2.49. The second kappa shape index (κ2) is 7.22. The molecule has 8 heteroatoms. The van der Waals surface area contributed by atoms with Crippen LogP contribution in [0.3, 0.4) is 0 Å². The van der Waals surface area contributed by atoms with E-state index in [1.807, 2.05) is 0 Å². The smallest absolute Gasteiger partial charge is 0.387 e. The Kier molecular flexibility index (Phi) is 5.32. The predicted molar refractivity (Wildman–Crippen MR) is 74.4 cm³/mol. The molecule has 0 atom stereocenters. The molecule has 0 saturated carbocycles. The molecule has 2 aromatic rings. The molecular formula is C14H10ClF4NO2. The molecule has 0 saturated heterocycles. The van der Waals surface area contributed by atoms with Gasteiger partial charge in [0.05, 0.1) is 0 Å². The molecule has 0 heterocycles. The molecule has 0 aliphatic heterocycles. The number of nitrogens with one attached hydrogen (secondary N) is 1. The molecule has 1 N–H and O–H groups in total. The van der Waals surface area contributed by atoms with Gasteiger partial charge in [0.25, 0.3) is 0 Å². The molecule has 0 aliphatic rings. The number of anilines is 2. The van der Waals surface area contributed by atoms with Crippen LogP contribution in [0.2, 0.25) is 5.02 Å². The summed E-state index contributed by atoms with van der Waals surface area (Å²) < 4.78 is 57.5. The van der Waals surface area contributed by atoms with Crippen molar-refractivity contribution in [3.05, 3.63) is 47.5 Å². The zero-order chi connectivity index (χ0) is 16.1. The van der Waals surface area contributed by atoms with Gasteiger partial charge in [0, 0.05) is 22.5 Å². The van der Waals surface area contributed by atoms with Gasteiger partial charge in [0.15, 0.2) is 11.5 Å². The Morgan fingerprint density at radius 1 is 0.818 bits per heavy atom. The van der Waals surface area contributed by atoms with Crippen LogP contribution in [0.5, 0.6) is 11.5 Å². The SMILES string of the molecule is FC(F)Oc1ccc(Nc2cccc(Cl)c2)cc1OC(F)F. The monoisotopic (exact) mass is 335 g/mol. The third-order valence-corrected chi connectivity index (χ3v) is 2.72. The van der Waals surface area contributed by atoms with Crippen molar-refractivity contribution >= 4 is 23.0 Å². The Bertz CT molecular complexity index is 640. The van der Waals surface area contributed by atoms with E-state index >= 15 is 0 Å². The molecule has 0 radical (unpaired) electrons. The quantitative estimate of drug-likeness (QED) is 0.728. The molecule has 22 heavy (non-hydrogen) atoms. The Hall–Kier alpha value is -2.15. The summed E-state index contributed by atoms with van der Waals surface area (Å²) >= 11 is 5.83. The van der Waals surface area contributed by atoms with Crippen LogP contribution in [0.15, 0.2) is 42.5 Å². The fourth-order valence-corrected chi connectivity index (χ4v) is 1.89. The number of benzene rings is 2. The van der Waals surface area contributed by atoms with Crippen LogP contribution in [0.25, 0.3) is 0 Å². The Morgan fingerprint density at radius 3 is 2.09 bits per heavy atom. The standard InChI is InChI=1S/C14H10ClF4NO2/c15-8-2-1-3-9(6-8)20-10-4-5-11(21-13(16)17)12(7-10)22-14(18)19/h1-7,13-14,20H. The Labute approximate surface area is 128 Å². The van der Waals surface area contributed by atoms with E-state index in [4.69, 9.17) is 11.6 Å². The zero-order valence-corrected chi connectivity index (χ0v) is 11.7. The average molecular weight is 336 g/mol. The van der Waals surface area contributed by atoms with Crippen molar-refractivity contribution in [2.45, 2.75) is 13.2 Å². The van der Waals surface area contributed by atoms with Gasteiger partial charge < -0.3 is 14.8 Å². The largest absolute Gasteiger partial charge is 0.431 e. The van der Waals surface area contributed by atoms with Crippen molar-refractivity contribution in [3.8, 4) is 11.5 Å². The lowest BCUT2D eigenvalue weighted by atomic mass is 10.2. The lowest BCUT2D eigenvalue weighted by Crippen LogP contribution is -2.08. The number of rotatable bonds is 6. The summed E-state index contributed by atoms with van der Waals surface area (Å²) in [4.78, 5) is 0. The van der Waals surface area contributed by atoms with E-state index in [1.54, 1.807) is 24.3 Å². The molecule has 2 rings (SSSR count). The molecule has 0 spiro atoms. The lowest BCUT2D eigenvalue weighted by Gasteiger charge is -2.14. The van der Waals surface area contributed by atoms with Crippen molar-refractivity contribution in [1.82, 2.24) is 0 Å². The van der Waals surface area contributed by atoms with Gasteiger partial charge in [0.1, 0.15) is 0 Å². The summed E-state index contributed by atoms with van der Waals surface area (Å²) in [5, 5.41) is 3.36. The fourth-order valence-electron chi connectivity index (χ4n) is 1.70. The van der Waals surface area contributed by atoms with Crippen LogP contribution in [0, 0.1) is 0 Å². The van der Waals surface area contributed by atoms with E-state index < -0.39 is 24.7 Å². The number of ether oxygens (including phenoxy) is 2. The van der Waals surface area contributed by atoms with Crippen LogP contribution in [-0.4, -0.2) is 13.2 Å². The predicted octanol–water partition coefficient (Wildman–Crippen LogP) is 5.29. The fraction of sp³-hybridized carbons (Fsp3) is 0.143. The van der Waals surface area contributed by atoms with Crippen molar-refractivity contribution in [3.63, 3.8) is 0 Å². The van der Waals surface area contributed by atoms with Crippen molar-refractivity contribution < 1.29 is 27.0 Å². The molecular weight excluding hydrogens is 326 g/mol. The van der Waals surface area contributed by atoms with Crippen LogP contribution < -0.4 is 14.8 Å². The average Bonchev–Trinajstić information content (AvgIpc) is 2.40. The van der Waals surface area contributed by atoms with Crippen molar-refractivity contribution in [2.75, 3.05) is 5.32 Å². The summed E-state index contributed by atoms with van der Waals surface area (Å²) in [6.07, 6.45) is 0. The van der Waals surface area contributed by atoms with Gasteiger partial charge in [-0.2, -0.15) is 17.6 Å². The minimum Gasteiger partial charge on any atom is -0.431 e. The van der Waals surface area contributed by atoms with E-state index in [0.29, 0.717) is 16.4 Å². The van der Waals surface area contributed by atoms with E-state index in [2.05, 4.69) is 14.8 Å². The van der Waals surface area contributed by atoms with Gasteiger partial charge in [-0.3, -0.25) is 0 Å². The van der Waals surface area contributed by atoms with E-state index in [1.165, 1.54) is 6.07 Å². The molecule has 2 aromatic carbocycles. The van der Waals surface area contributed by atoms with Crippen LogP contribution in [0.4, 0.5) is 28.9 Å². The second-order valence-electron chi connectivity index (χ2n) is 4.05. The number of alkyl halides is 4. The Morgan fingerprint density at radius 2 is 1.45 bits per heavy atom. The second-order valence-corrected chi connectivity index (χ2v) is 4.49. The maximum Gasteiger partial charge on any atom is 0.387 e. The van der Waals surface area contributed by atoms with Crippen LogP contribution in [-0.2, 0) is 0 Å². The first kappa shape index (κ1) is 16.2. The van der Waals surface area contributed by atoms with Gasteiger partial charge in [0.2, 0.25) is 0 Å². The van der Waals surface area contributed by atoms with Gasteiger partial charge >= 0.3 is 13.2 Å². The normalized spacial score (nSPS) is 10.9. The van der Waals surface area contributed by atoms with Crippen molar-refractivity contribution in [2.24, 2.45) is 0 Å². The summed E-state index contributed by atoms with van der Waals surface area (Å²) in [7, 11) is 0. The summed E-state index contributed by atoms with van der Waals surface area (Å²) in [5.41, 5.74) is 0.942. The highest BCUT2D eigenvalue weighted by molar-refractivity contribution is 6.30. The van der Waals surface area contributed by atoms with Gasteiger partial charge in [-0.05, 0) is 30.3 Å². The molecule has 0 fully saturated rings. The zero-order valence-electron chi connectivity index (χ0n) is 10.9. The van der Waals surface area contributed by atoms with Crippen molar-refractivity contribution in [1.29, 1.82) is 0 Å². The molecule has 118 valence electrons. The first-order chi connectivity index (χ1) is 10.4. The summed E-state index contributed by atoms with van der Waals surface area (Å²) in [5.74, 6) is -0.978. The minimum atomic E-state index is -3.17. The van der Waals surface area contributed by atoms with E-state index in [0.717, 1.165) is 12.1 Å². The molecule has 0 aliphatic carbocycles. The topological polar surface area (TPSA) is 30.5 Å². The molecule has 0 aromatic heterocycles. The Balaban J connectivity index is 2.25. The first-order valence-electron chi connectivity index (χ1n) is 6.00. The number of hydrogen-bond acceptors (Lipinski definition) is 3. The molecule has 0 amide bonds. The number of hydrogen-bond donors (Lipinski definition) is 1. The minimum absolute atomic E-state index is 0.347. The summed E-state index contributed by atoms with van der Waals surface area (Å²) in [6.45, 7) is -6.31. The molecule has 0 unspecified atom stereocenters. The number of halogens is 5. The highest BCUT2D eigenvalue weighted by Gasteiger charge is 2.15. The van der Waals surface area contributed by atoms with E-state index in [9.17, 15) is 17.6 Å². The maximum atomic E-state index is 12.3. The lowest BCUT2D eigenvalue weighted by molar-refractivity contribution is -0.0691. The van der Waals surface area contributed by atoms with Crippen LogP contribution in [0.1, 0.15) is 0 Å². The third kappa shape index (κ3) is 4.70. The maximum absolute atomic E-state index is 12.3. The molecule has 0 bridgehead atoms.